The first-order valence-corrected chi connectivity index (χ1v) is 8.25. The van der Waals surface area contributed by atoms with Gasteiger partial charge in [-0.25, -0.2) is 8.91 Å². The summed E-state index contributed by atoms with van der Waals surface area (Å²) >= 11 is 0. The van der Waals surface area contributed by atoms with Gasteiger partial charge in [0.25, 0.3) is 0 Å². The van der Waals surface area contributed by atoms with E-state index in [-0.39, 0.29) is 17.1 Å². The molecule has 0 radical (unpaired) electrons. The second kappa shape index (κ2) is 6.60. The Morgan fingerprint density at radius 3 is 2.58 bits per heavy atom. The first-order chi connectivity index (χ1) is 12.3. The van der Waals surface area contributed by atoms with Crippen molar-refractivity contribution in [3.8, 4) is 17.2 Å². The second-order valence-corrected chi connectivity index (χ2v) is 7.37. The fourth-order valence-electron chi connectivity index (χ4n) is 2.76. The Bertz CT molecular complexity index is 1010. The van der Waals surface area contributed by atoms with Crippen LogP contribution in [0.25, 0.3) is 16.6 Å². The van der Waals surface area contributed by atoms with Crippen LogP contribution >= 0.6 is 0 Å². The molecule has 26 heavy (non-hydrogen) atoms. The van der Waals surface area contributed by atoms with Crippen LogP contribution in [0, 0.1) is 22.6 Å². The molecule has 0 atom stereocenters. The average molecular weight is 350 g/mol. The number of aromatic nitrogens is 2. The van der Waals surface area contributed by atoms with Crippen LogP contribution in [0.4, 0.5) is 10.2 Å². The minimum absolute atomic E-state index is 0.148. The zero-order valence-corrected chi connectivity index (χ0v) is 14.9. The summed E-state index contributed by atoms with van der Waals surface area (Å²) in [7, 11) is 0. The molecule has 0 bridgehead atoms. The largest absolute Gasteiger partial charge is 0.309 e. The molecular weight excluding hydrogens is 331 g/mol. The number of benzene rings is 1. The van der Waals surface area contributed by atoms with Crippen molar-refractivity contribution in [3.63, 3.8) is 0 Å². The van der Waals surface area contributed by atoms with Gasteiger partial charge < -0.3 is 5.32 Å². The molecule has 0 aliphatic heterocycles. The molecule has 0 spiro atoms. The van der Waals surface area contributed by atoms with Crippen molar-refractivity contribution in [1.29, 1.82) is 5.26 Å². The van der Waals surface area contributed by atoms with E-state index in [1.54, 1.807) is 35.0 Å². The van der Waals surface area contributed by atoms with Crippen LogP contribution in [-0.2, 0) is 4.79 Å². The lowest BCUT2D eigenvalue weighted by Gasteiger charge is -2.17. The van der Waals surface area contributed by atoms with Gasteiger partial charge in [-0.15, -0.1) is 5.10 Å². The molecule has 2 aromatic heterocycles. The smallest absolute Gasteiger partial charge is 0.226 e. The number of hydrogen-bond donors (Lipinski definition) is 1. The summed E-state index contributed by atoms with van der Waals surface area (Å²) in [6.45, 7) is 5.95. The lowest BCUT2D eigenvalue weighted by molar-refractivity contribution is -0.117. The van der Waals surface area contributed by atoms with E-state index in [1.165, 1.54) is 12.1 Å². The molecule has 6 heteroatoms. The minimum Gasteiger partial charge on any atom is -0.309 e. The van der Waals surface area contributed by atoms with Crippen molar-refractivity contribution >= 4 is 17.2 Å². The Morgan fingerprint density at radius 2 is 1.96 bits per heavy atom. The van der Waals surface area contributed by atoms with Gasteiger partial charge in [-0.2, -0.15) is 5.26 Å². The fraction of sp³-hybridized carbons (Fsp3) is 0.250. The molecule has 0 fully saturated rings. The van der Waals surface area contributed by atoms with E-state index in [0.717, 1.165) is 0 Å². The van der Waals surface area contributed by atoms with Gasteiger partial charge >= 0.3 is 0 Å². The Hall–Kier alpha value is -3.20. The summed E-state index contributed by atoms with van der Waals surface area (Å²) < 4.78 is 14.9. The van der Waals surface area contributed by atoms with Crippen LogP contribution in [-0.4, -0.2) is 15.5 Å². The van der Waals surface area contributed by atoms with E-state index in [4.69, 9.17) is 0 Å². The third-order valence-electron chi connectivity index (χ3n) is 3.85. The zero-order chi connectivity index (χ0) is 18.9. The molecule has 0 aliphatic rings. The molecule has 0 aliphatic carbocycles. The first kappa shape index (κ1) is 17.6. The molecule has 2 heterocycles. The quantitative estimate of drug-likeness (QED) is 0.762. The molecule has 5 nitrogen and oxygen atoms in total. The molecule has 0 saturated carbocycles. The molecular formula is C20H19FN4O. The third-order valence-corrected chi connectivity index (χ3v) is 3.85. The Labute approximate surface area is 151 Å². The lowest BCUT2D eigenvalue weighted by atomic mass is 9.92. The molecule has 0 saturated heterocycles. The van der Waals surface area contributed by atoms with Crippen molar-refractivity contribution in [2.75, 3.05) is 5.32 Å². The molecule has 3 aromatic rings. The maximum absolute atomic E-state index is 13.3. The minimum atomic E-state index is -0.346. The van der Waals surface area contributed by atoms with Gasteiger partial charge in [0.15, 0.2) is 5.82 Å². The Balaban J connectivity index is 2.12. The van der Waals surface area contributed by atoms with E-state index < -0.39 is 0 Å². The first-order valence-electron chi connectivity index (χ1n) is 8.25. The molecule has 1 N–H and O–H groups in total. The van der Waals surface area contributed by atoms with E-state index >= 15 is 0 Å². The molecule has 1 aromatic carbocycles. The predicted molar refractivity (Wildman–Crippen MR) is 98.0 cm³/mol. The highest BCUT2D eigenvalue weighted by molar-refractivity contribution is 5.99. The van der Waals surface area contributed by atoms with Gasteiger partial charge in [-0.1, -0.05) is 32.9 Å². The van der Waals surface area contributed by atoms with Crippen molar-refractivity contribution in [1.82, 2.24) is 9.61 Å². The van der Waals surface area contributed by atoms with E-state index in [1.807, 2.05) is 20.8 Å². The van der Waals surface area contributed by atoms with E-state index in [9.17, 15) is 14.4 Å². The number of nitrogens with zero attached hydrogens (tertiary/aromatic N) is 3. The number of pyridine rings is 1. The summed E-state index contributed by atoms with van der Waals surface area (Å²) in [5, 5.41) is 16.5. The number of amides is 1. The molecule has 132 valence electrons. The van der Waals surface area contributed by atoms with Gasteiger partial charge in [-0.3, -0.25) is 4.79 Å². The monoisotopic (exact) mass is 350 g/mol. The van der Waals surface area contributed by atoms with Gasteiger partial charge in [0.2, 0.25) is 5.91 Å². The lowest BCUT2D eigenvalue weighted by Crippen LogP contribution is -2.20. The maximum atomic E-state index is 13.3. The number of hydrogen-bond acceptors (Lipinski definition) is 3. The van der Waals surface area contributed by atoms with Gasteiger partial charge in [0.05, 0.1) is 22.7 Å². The normalized spacial score (nSPS) is 11.3. The highest BCUT2D eigenvalue weighted by Gasteiger charge is 2.21. The van der Waals surface area contributed by atoms with Crippen LogP contribution in [0.3, 0.4) is 0 Å². The average Bonchev–Trinajstić information content (AvgIpc) is 2.90. The Morgan fingerprint density at radius 1 is 1.27 bits per heavy atom. The summed E-state index contributed by atoms with van der Waals surface area (Å²) in [6.07, 6.45) is 2.01. The SMILES string of the molecule is CC(C)(C)CC(=O)Nc1nn2ccc(C#N)cc2c1-c1ccc(F)cc1. The molecule has 0 unspecified atom stereocenters. The number of anilines is 1. The summed E-state index contributed by atoms with van der Waals surface area (Å²) in [4.78, 5) is 12.4. The molecule has 1 amide bonds. The van der Waals surface area contributed by atoms with Gasteiger partial charge in [-0.05, 0) is 35.2 Å². The van der Waals surface area contributed by atoms with Crippen molar-refractivity contribution in [2.24, 2.45) is 5.41 Å². The van der Waals surface area contributed by atoms with Crippen LogP contribution < -0.4 is 5.32 Å². The Kier molecular flexibility index (Phi) is 4.47. The number of nitriles is 1. The number of nitrogens with one attached hydrogen (secondary N) is 1. The third kappa shape index (κ3) is 3.72. The number of fused-ring (bicyclic) bond motifs is 1. The van der Waals surface area contributed by atoms with Crippen LogP contribution in [0.15, 0.2) is 42.6 Å². The van der Waals surface area contributed by atoms with Crippen LogP contribution in [0.1, 0.15) is 32.8 Å². The predicted octanol–water partition coefficient (Wildman–Crippen LogP) is 4.39. The van der Waals surface area contributed by atoms with Gasteiger partial charge in [0.1, 0.15) is 5.82 Å². The van der Waals surface area contributed by atoms with E-state index in [2.05, 4.69) is 16.5 Å². The van der Waals surface area contributed by atoms with Crippen molar-refractivity contribution < 1.29 is 9.18 Å². The highest BCUT2D eigenvalue weighted by atomic mass is 19.1. The number of carbonyl (C=O) groups excluding carboxylic acids is 1. The maximum Gasteiger partial charge on any atom is 0.226 e. The van der Waals surface area contributed by atoms with Gasteiger partial charge in [0, 0.05) is 12.6 Å². The standard InChI is InChI=1S/C20H19FN4O/c1-20(2,3)11-17(26)23-19-18(14-4-6-15(21)7-5-14)16-10-13(12-22)8-9-25(16)24-19/h4-10H,11H2,1-3H3,(H,23,24,26). The van der Waals surface area contributed by atoms with Crippen LogP contribution in [0.5, 0.6) is 0 Å². The van der Waals surface area contributed by atoms with Crippen molar-refractivity contribution in [3.05, 3.63) is 54.0 Å². The number of carbonyl (C=O) groups is 1. The summed E-state index contributed by atoms with van der Waals surface area (Å²) in [6, 6.07) is 11.4. The summed E-state index contributed by atoms with van der Waals surface area (Å²) in [5.41, 5.74) is 2.36. The van der Waals surface area contributed by atoms with Crippen LogP contribution in [0.2, 0.25) is 0 Å². The zero-order valence-electron chi connectivity index (χ0n) is 14.9. The topological polar surface area (TPSA) is 70.2 Å². The van der Waals surface area contributed by atoms with Crippen molar-refractivity contribution in [2.45, 2.75) is 27.2 Å². The summed E-state index contributed by atoms with van der Waals surface area (Å²) in [5.74, 6) is -0.105. The molecule has 3 rings (SSSR count). The highest BCUT2D eigenvalue weighted by Crippen LogP contribution is 2.33. The van der Waals surface area contributed by atoms with E-state index in [0.29, 0.717) is 34.4 Å². The second-order valence-electron chi connectivity index (χ2n) is 7.37. The number of halogens is 1. The fourth-order valence-corrected chi connectivity index (χ4v) is 2.76. The number of rotatable bonds is 3.